The molecule has 1 aromatic carbocycles. The standard InChI is InChI=1S/C19H27N3O4S2/c1-27-18-7-6-16(28(25,26)22-12-10-20(15-23)11-13-22)14-17(18)19(24)21-8-4-2-3-5-9-21/h6-7,14-15H,2-5,8-13H2,1H3. The van der Waals surface area contributed by atoms with Gasteiger partial charge >= 0.3 is 0 Å². The molecule has 0 atom stereocenters. The number of hydrogen-bond donors (Lipinski definition) is 0. The fourth-order valence-electron chi connectivity index (χ4n) is 3.66. The lowest BCUT2D eigenvalue weighted by Gasteiger charge is -2.31. The third-order valence-electron chi connectivity index (χ3n) is 5.35. The van der Waals surface area contributed by atoms with Gasteiger partial charge in [0.15, 0.2) is 0 Å². The van der Waals surface area contributed by atoms with Gasteiger partial charge in [0.1, 0.15) is 0 Å². The number of amides is 2. The lowest BCUT2D eigenvalue weighted by molar-refractivity contribution is -0.119. The van der Waals surface area contributed by atoms with Crippen LogP contribution in [0.25, 0.3) is 0 Å². The molecule has 0 N–H and O–H groups in total. The molecule has 28 heavy (non-hydrogen) atoms. The number of likely N-dealkylation sites (tertiary alicyclic amines) is 1. The van der Waals surface area contributed by atoms with E-state index in [1.54, 1.807) is 17.0 Å². The number of hydrogen-bond acceptors (Lipinski definition) is 5. The SMILES string of the molecule is CSc1ccc(S(=O)(=O)N2CCN(C=O)CC2)cc1C(=O)N1CCCCCC1. The van der Waals surface area contributed by atoms with Crippen LogP contribution in [-0.2, 0) is 14.8 Å². The van der Waals surface area contributed by atoms with Crippen LogP contribution in [0.2, 0.25) is 0 Å². The monoisotopic (exact) mass is 425 g/mol. The number of thioether (sulfide) groups is 1. The molecule has 3 rings (SSSR count). The van der Waals surface area contributed by atoms with Crippen LogP contribution in [0.1, 0.15) is 36.0 Å². The van der Waals surface area contributed by atoms with Gasteiger partial charge in [-0.1, -0.05) is 12.8 Å². The molecule has 2 amide bonds. The Morgan fingerprint density at radius 3 is 2.21 bits per heavy atom. The van der Waals surface area contributed by atoms with E-state index in [1.807, 2.05) is 11.2 Å². The van der Waals surface area contributed by atoms with E-state index in [-0.39, 0.29) is 23.9 Å². The van der Waals surface area contributed by atoms with Gasteiger partial charge in [-0.05, 0) is 37.3 Å². The van der Waals surface area contributed by atoms with Crippen molar-refractivity contribution >= 4 is 34.1 Å². The van der Waals surface area contributed by atoms with E-state index < -0.39 is 10.0 Å². The van der Waals surface area contributed by atoms with Crippen molar-refractivity contribution in [2.75, 3.05) is 45.5 Å². The minimum atomic E-state index is -3.70. The Hall–Kier alpha value is -1.58. The van der Waals surface area contributed by atoms with Crippen molar-refractivity contribution < 1.29 is 18.0 Å². The maximum Gasteiger partial charge on any atom is 0.255 e. The summed E-state index contributed by atoms with van der Waals surface area (Å²) in [4.78, 5) is 28.3. The fraction of sp³-hybridized carbons (Fsp3) is 0.579. The van der Waals surface area contributed by atoms with Crippen molar-refractivity contribution in [2.45, 2.75) is 35.5 Å². The van der Waals surface area contributed by atoms with Gasteiger partial charge in [-0.15, -0.1) is 11.8 Å². The first kappa shape index (κ1) is 21.1. The summed E-state index contributed by atoms with van der Waals surface area (Å²) in [6, 6.07) is 4.83. The molecular formula is C19H27N3O4S2. The molecule has 2 aliphatic rings. The Labute approximate surface area is 171 Å². The molecule has 0 unspecified atom stereocenters. The molecule has 0 saturated carbocycles. The maximum atomic E-state index is 13.1. The summed E-state index contributed by atoms with van der Waals surface area (Å²) >= 11 is 1.45. The van der Waals surface area contributed by atoms with Gasteiger partial charge in [-0.2, -0.15) is 4.31 Å². The van der Waals surface area contributed by atoms with E-state index in [1.165, 1.54) is 22.1 Å². The predicted molar refractivity (Wildman–Crippen MR) is 109 cm³/mol. The average Bonchev–Trinajstić information content (AvgIpc) is 3.02. The van der Waals surface area contributed by atoms with Crippen molar-refractivity contribution in [3.05, 3.63) is 23.8 Å². The molecule has 2 saturated heterocycles. The van der Waals surface area contributed by atoms with Crippen LogP contribution in [-0.4, -0.2) is 80.4 Å². The molecule has 2 aliphatic heterocycles. The van der Waals surface area contributed by atoms with Gasteiger partial charge in [0.2, 0.25) is 16.4 Å². The lowest BCUT2D eigenvalue weighted by atomic mass is 10.2. The van der Waals surface area contributed by atoms with Crippen LogP contribution in [0.4, 0.5) is 0 Å². The summed E-state index contributed by atoms with van der Waals surface area (Å²) in [6.07, 6.45) is 6.86. The van der Waals surface area contributed by atoms with Crippen LogP contribution in [0.15, 0.2) is 28.0 Å². The largest absolute Gasteiger partial charge is 0.343 e. The summed E-state index contributed by atoms with van der Waals surface area (Å²) in [5, 5.41) is 0. The van der Waals surface area contributed by atoms with Gasteiger partial charge < -0.3 is 9.80 Å². The van der Waals surface area contributed by atoms with E-state index in [2.05, 4.69) is 0 Å². The van der Waals surface area contributed by atoms with Crippen molar-refractivity contribution in [1.29, 1.82) is 0 Å². The smallest absolute Gasteiger partial charge is 0.255 e. The third kappa shape index (κ3) is 4.52. The van der Waals surface area contributed by atoms with Crippen LogP contribution in [0, 0.1) is 0 Å². The Morgan fingerprint density at radius 2 is 1.64 bits per heavy atom. The Balaban J connectivity index is 1.87. The quantitative estimate of drug-likeness (QED) is 0.532. The van der Waals surface area contributed by atoms with Crippen molar-refractivity contribution in [2.24, 2.45) is 0 Å². The minimum absolute atomic E-state index is 0.0888. The zero-order chi connectivity index (χ0) is 20.1. The highest BCUT2D eigenvalue weighted by atomic mass is 32.2. The van der Waals surface area contributed by atoms with Gasteiger partial charge in [0.25, 0.3) is 5.91 Å². The predicted octanol–water partition coefficient (Wildman–Crippen LogP) is 1.89. The summed E-state index contributed by atoms with van der Waals surface area (Å²) < 4.78 is 27.5. The first-order valence-corrected chi connectivity index (χ1v) is 12.3. The van der Waals surface area contributed by atoms with Crippen LogP contribution in [0.3, 0.4) is 0 Å². The van der Waals surface area contributed by atoms with E-state index in [0.717, 1.165) is 50.1 Å². The molecule has 0 bridgehead atoms. The normalized spacial score (nSPS) is 19.3. The molecule has 2 heterocycles. The van der Waals surface area contributed by atoms with Gasteiger partial charge in [-0.25, -0.2) is 8.42 Å². The van der Waals surface area contributed by atoms with E-state index >= 15 is 0 Å². The molecule has 0 aliphatic carbocycles. The second-order valence-corrected chi connectivity index (χ2v) is 9.90. The Kier molecular flexibility index (Phi) is 7.00. The number of rotatable bonds is 5. The second kappa shape index (κ2) is 9.28. The lowest BCUT2D eigenvalue weighted by Crippen LogP contribution is -2.48. The topological polar surface area (TPSA) is 78.0 Å². The Morgan fingerprint density at radius 1 is 1.00 bits per heavy atom. The van der Waals surface area contributed by atoms with Crippen molar-refractivity contribution in [3.63, 3.8) is 0 Å². The molecule has 0 spiro atoms. The molecule has 7 nitrogen and oxygen atoms in total. The van der Waals surface area contributed by atoms with Crippen LogP contribution >= 0.6 is 11.8 Å². The second-order valence-electron chi connectivity index (χ2n) is 7.11. The van der Waals surface area contributed by atoms with Crippen molar-refractivity contribution in [3.8, 4) is 0 Å². The van der Waals surface area contributed by atoms with Crippen molar-refractivity contribution in [1.82, 2.24) is 14.1 Å². The molecule has 0 aromatic heterocycles. The molecule has 9 heteroatoms. The first-order chi connectivity index (χ1) is 13.5. The first-order valence-electron chi connectivity index (χ1n) is 9.64. The molecular weight excluding hydrogens is 398 g/mol. The van der Waals surface area contributed by atoms with Crippen LogP contribution < -0.4 is 0 Å². The molecule has 154 valence electrons. The number of benzene rings is 1. The fourth-order valence-corrected chi connectivity index (χ4v) is 5.68. The number of sulfonamides is 1. The van der Waals surface area contributed by atoms with E-state index in [9.17, 15) is 18.0 Å². The van der Waals surface area contributed by atoms with Gasteiger partial charge in [-0.3, -0.25) is 9.59 Å². The minimum Gasteiger partial charge on any atom is -0.343 e. The summed E-state index contributed by atoms with van der Waals surface area (Å²) in [6.45, 7) is 2.73. The van der Waals surface area contributed by atoms with E-state index in [0.29, 0.717) is 18.7 Å². The third-order valence-corrected chi connectivity index (χ3v) is 8.05. The molecule has 1 aromatic rings. The molecule has 2 fully saturated rings. The highest BCUT2D eigenvalue weighted by Gasteiger charge is 2.30. The summed E-state index contributed by atoms with van der Waals surface area (Å²) in [7, 11) is -3.70. The highest BCUT2D eigenvalue weighted by molar-refractivity contribution is 7.98. The summed E-state index contributed by atoms with van der Waals surface area (Å²) in [5.74, 6) is -0.0888. The molecule has 0 radical (unpaired) electrons. The van der Waals surface area contributed by atoms with Gasteiger partial charge in [0, 0.05) is 44.2 Å². The number of carbonyl (C=O) groups is 2. The van der Waals surface area contributed by atoms with Crippen LogP contribution in [0.5, 0.6) is 0 Å². The summed E-state index contributed by atoms with van der Waals surface area (Å²) in [5.41, 5.74) is 0.460. The van der Waals surface area contributed by atoms with Gasteiger partial charge in [0.05, 0.1) is 10.5 Å². The zero-order valence-electron chi connectivity index (χ0n) is 16.2. The maximum absolute atomic E-state index is 13.1. The average molecular weight is 426 g/mol. The Bertz CT molecular complexity index is 812. The highest BCUT2D eigenvalue weighted by Crippen LogP contribution is 2.27. The number of nitrogens with zero attached hydrogens (tertiary/aromatic N) is 3. The number of carbonyl (C=O) groups excluding carboxylic acids is 2. The zero-order valence-corrected chi connectivity index (χ0v) is 17.8. The number of piperazine rings is 1. The van der Waals surface area contributed by atoms with E-state index in [4.69, 9.17) is 0 Å².